The van der Waals surface area contributed by atoms with Crippen LogP contribution in [0.4, 0.5) is 0 Å². The molecule has 0 radical (unpaired) electrons. The lowest BCUT2D eigenvalue weighted by molar-refractivity contribution is 0.0630. The van der Waals surface area contributed by atoms with Crippen LogP contribution in [0, 0.1) is 23.7 Å². The van der Waals surface area contributed by atoms with Crippen molar-refractivity contribution in [1.82, 2.24) is 0 Å². The lowest BCUT2D eigenvalue weighted by Crippen LogP contribution is -2.25. The van der Waals surface area contributed by atoms with Crippen molar-refractivity contribution in [2.45, 2.75) is 58.5 Å². The van der Waals surface area contributed by atoms with E-state index in [4.69, 9.17) is 0 Å². The normalized spacial score (nSPS) is 38.1. The molecule has 0 aromatic rings. The van der Waals surface area contributed by atoms with Crippen LogP contribution >= 0.6 is 0 Å². The summed E-state index contributed by atoms with van der Waals surface area (Å²) in [6.07, 6.45) is 7.81. The number of rotatable bonds is 4. The fourth-order valence-electron chi connectivity index (χ4n) is 3.48. The SMILES string of the molecule is CC(C)CCC(O)C1CC2CCC1C2. The Bertz CT molecular complexity index is 188. The van der Waals surface area contributed by atoms with Crippen molar-refractivity contribution in [3.63, 3.8) is 0 Å². The average Bonchev–Trinajstić information content (AvgIpc) is 2.74. The van der Waals surface area contributed by atoms with E-state index in [1.807, 2.05) is 0 Å². The summed E-state index contributed by atoms with van der Waals surface area (Å²) < 4.78 is 0. The second kappa shape index (κ2) is 4.22. The first-order valence-electron chi connectivity index (χ1n) is 6.35. The first kappa shape index (κ1) is 10.5. The number of aliphatic hydroxyl groups excluding tert-OH is 1. The number of aliphatic hydroxyl groups is 1. The number of fused-ring (bicyclic) bond motifs is 2. The van der Waals surface area contributed by atoms with Gasteiger partial charge in [0.05, 0.1) is 6.10 Å². The van der Waals surface area contributed by atoms with Crippen molar-refractivity contribution < 1.29 is 5.11 Å². The van der Waals surface area contributed by atoms with Crippen molar-refractivity contribution in [2.24, 2.45) is 23.7 Å². The maximum atomic E-state index is 10.1. The summed E-state index contributed by atoms with van der Waals surface area (Å²) in [5, 5.41) is 10.1. The highest BCUT2D eigenvalue weighted by Gasteiger charge is 2.42. The van der Waals surface area contributed by atoms with E-state index >= 15 is 0 Å². The summed E-state index contributed by atoms with van der Waals surface area (Å²) in [5.41, 5.74) is 0. The molecule has 2 bridgehead atoms. The summed E-state index contributed by atoms with van der Waals surface area (Å²) in [4.78, 5) is 0. The van der Waals surface area contributed by atoms with Gasteiger partial charge in [0.15, 0.2) is 0 Å². The first-order valence-corrected chi connectivity index (χ1v) is 6.35. The summed E-state index contributed by atoms with van der Waals surface area (Å²) in [6, 6.07) is 0. The zero-order valence-corrected chi connectivity index (χ0v) is 9.58. The molecule has 2 aliphatic rings. The molecule has 0 aliphatic heterocycles. The van der Waals surface area contributed by atoms with Crippen LogP contribution in [0.5, 0.6) is 0 Å². The predicted octanol–water partition coefficient (Wildman–Crippen LogP) is 3.22. The average molecular weight is 196 g/mol. The van der Waals surface area contributed by atoms with Crippen LogP contribution in [0.2, 0.25) is 0 Å². The Kier molecular flexibility index (Phi) is 3.16. The van der Waals surface area contributed by atoms with Gasteiger partial charge in [-0.3, -0.25) is 0 Å². The van der Waals surface area contributed by atoms with Crippen LogP contribution in [0.15, 0.2) is 0 Å². The van der Waals surface area contributed by atoms with Gasteiger partial charge in [-0.05, 0) is 55.8 Å². The minimum Gasteiger partial charge on any atom is -0.393 e. The molecule has 0 spiro atoms. The van der Waals surface area contributed by atoms with E-state index in [-0.39, 0.29) is 6.10 Å². The molecule has 2 saturated carbocycles. The molecule has 4 unspecified atom stereocenters. The Morgan fingerprint density at radius 2 is 1.93 bits per heavy atom. The van der Waals surface area contributed by atoms with Crippen molar-refractivity contribution >= 4 is 0 Å². The molecule has 0 aromatic carbocycles. The van der Waals surface area contributed by atoms with Crippen molar-refractivity contribution in [3.05, 3.63) is 0 Å². The van der Waals surface area contributed by atoms with Gasteiger partial charge < -0.3 is 5.11 Å². The van der Waals surface area contributed by atoms with E-state index in [0.29, 0.717) is 5.92 Å². The van der Waals surface area contributed by atoms with E-state index in [0.717, 1.165) is 24.2 Å². The highest BCUT2D eigenvalue weighted by molar-refractivity contribution is 4.92. The predicted molar refractivity (Wildman–Crippen MR) is 59.0 cm³/mol. The molecule has 1 nitrogen and oxygen atoms in total. The lowest BCUT2D eigenvalue weighted by Gasteiger charge is -2.27. The summed E-state index contributed by atoms with van der Waals surface area (Å²) in [7, 11) is 0. The Hall–Kier alpha value is -0.0400. The van der Waals surface area contributed by atoms with Crippen molar-refractivity contribution in [3.8, 4) is 0 Å². The van der Waals surface area contributed by atoms with Gasteiger partial charge in [-0.2, -0.15) is 0 Å². The maximum Gasteiger partial charge on any atom is 0.0571 e. The lowest BCUT2D eigenvalue weighted by atomic mass is 9.82. The second-order valence-electron chi connectivity index (χ2n) is 5.88. The zero-order chi connectivity index (χ0) is 10.1. The van der Waals surface area contributed by atoms with Gasteiger partial charge >= 0.3 is 0 Å². The molecule has 1 N–H and O–H groups in total. The third kappa shape index (κ3) is 2.13. The minimum atomic E-state index is 0.00713. The molecular weight excluding hydrogens is 172 g/mol. The van der Waals surface area contributed by atoms with Gasteiger partial charge in [0.25, 0.3) is 0 Å². The Balaban J connectivity index is 1.78. The standard InChI is InChI=1S/C13H24O/c1-9(2)3-6-13(14)12-8-10-4-5-11(12)7-10/h9-14H,3-8H2,1-2H3. The molecule has 14 heavy (non-hydrogen) atoms. The highest BCUT2D eigenvalue weighted by Crippen LogP contribution is 2.50. The van der Waals surface area contributed by atoms with Gasteiger partial charge in [0, 0.05) is 0 Å². The quantitative estimate of drug-likeness (QED) is 0.732. The molecule has 82 valence electrons. The van der Waals surface area contributed by atoms with Crippen molar-refractivity contribution in [2.75, 3.05) is 0 Å². The highest BCUT2D eigenvalue weighted by atomic mass is 16.3. The van der Waals surface area contributed by atoms with Crippen LogP contribution in [0.25, 0.3) is 0 Å². The third-order valence-electron chi connectivity index (χ3n) is 4.33. The van der Waals surface area contributed by atoms with E-state index in [1.54, 1.807) is 0 Å². The third-order valence-corrected chi connectivity index (χ3v) is 4.33. The Morgan fingerprint density at radius 1 is 1.14 bits per heavy atom. The summed E-state index contributed by atoms with van der Waals surface area (Å²) in [6.45, 7) is 4.49. The van der Waals surface area contributed by atoms with E-state index in [1.165, 1.54) is 32.1 Å². The molecule has 0 saturated heterocycles. The van der Waals surface area contributed by atoms with Crippen molar-refractivity contribution in [1.29, 1.82) is 0 Å². The van der Waals surface area contributed by atoms with Crippen LogP contribution in [0.1, 0.15) is 52.4 Å². The molecule has 0 heterocycles. The minimum absolute atomic E-state index is 0.00713. The van der Waals surface area contributed by atoms with Gasteiger partial charge in [-0.1, -0.05) is 20.3 Å². The van der Waals surface area contributed by atoms with Crippen LogP contribution in [0.3, 0.4) is 0 Å². The number of hydrogen-bond acceptors (Lipinski definition) is 1. The molecule has 4 atom stereocenters. The molecule has 1 heteroatoms. The van der Waals surface area contributed by atoms with Gasteiger partial charge in [0.1, 0.15) is 0 Å². The summed E-state index contributed by atoms with van der Waals surface area (Å²) in [5.74, 6) is 3.25. The van der Waals surface area contributed by atoms with E-state index in [9.17, 15) is 5.11 Å². The number of hydrogen-bond donors (Lipinski definition) is 1. The molecule has 2 fully saturated rings. The second-order valence-corrected chi connectivity index (χ2v) is 5.88. The Morgan fingerprint density at radius 3 is 2.43 bits per heavy atom. The monoisotopic (exact) mass is 196 g/mol. The molecule has 2 aliphatic carbocycles. The van der Waals surface area contributed by atoms with E-state index < -0.39 is 0 Å². The smallest absolute Gasteiger partial charge is 0.0571 e. The Labute approximate surface area is 87.9 Å². The molecule has 2 rings (SSSR count). The first-order chi connectivity index (χ1) is 6.66. The molecule has 0 aromatic heterocycles. The van der Waals surface area contributed by atoms with E-state index in [2.05, 4.69) is 13.8 Å². The van der Waals surface area contributed by atoms with Crippen LogP contribution in [-0.4, -0.2) is 11.2 Å². The van der Waals surface area contributed by atoms with Gasteiger partial charge in [-0.15, -0.1) is 0 Å². The fourth-order valence-corrected chi connectivity index (χ4v) is 3.48. The maximum absolute atomic E-state index is 10.1. The summed E-state index contributed by atoms with van der Waals surface area (Å²) >= 11 is 0. The van der Waals surface area contributed by atoms with Gasteiger partial charge in [-0.25, -0.2) is 0 Å². The zero-order valence-electron chi connectivity index (χ0n) is 9.58. The fraction of sp³-hybridized carbons (Fsp3) is 1.00. The topological polar surface area (TPSA) is 20.2 Å². The van der Waals surface area contributed by atoms with Gasteiger partial charge in [0.2, 0.25) is 0 Å². The van der Waals surface area contributed by atoms with Crippen LogP contribution in [-0.2, 0) is 0 Å². The molecular formula is C13H24O. The molecule has 0 amide bonds. The van der Waals surface area contributed by atoms with Crippen LogP contribution < -0.4 is 0 Å². The largest absolute Gasteiger partial charge is 0.393 e.